The summed E-state index contributed by atoms with van der Waals surface area (Å²) in [7, 11) is 0. The molecular formula is C12H15BrO2. The molecule has 0 bridgehead atoms. The molecule has 82 valence electrons. The molecule has 3 heteroatoms. The van der Waals surface area contributed by atoms with Crippen molar-refractivity contribution < 1.29 is 9.53 Å². The molecule has 0 saturated heterocycles. The van der Waals surface area contributed by atoms with Crippen LogP contribution in [0.15, 0.2) is 16.6 Å². The minimum atomic E-state index is 0.105. The van der Waals surface area contributed by atoms with Crippen LogP contribution in [0, 0.1) is 0 Å². The standard InChI is InChI=1S/C12H15BrO2/c1-4-9-5-6-10(7-14)11(13)12(9)15-8(2)3/h5-8H,4H2,1-3H3. The summed E-state index contributed by atoms with van der Waals surface area (Å²) < 4.78 is 6.46. The first-order valence-electron chi connectivity index (χ1n) is 5.03. The third-order valence-corrected chi connectivity index (χ3v) is 2.89. The minimum Gasteiger partial charge on any atom is -0.490 e. The third-order valence-electron chi connectivity index (χ3n) is 2.07. The SMILES string of the molecule is CCc1ccc(C=O)c(Br)c1OC(C)C. The summed E-state index contributed by atoms with van der Waals surface area (Å²) in [5.41, 5.74) is 1.74. The molecule has 1 rings (SSSR count). The molecule has 0 heterocycles. The molecule has 0 aliphatic rings. The van der Waals surface area contributed by atoms with Crippen LogP contribution in [0.4, 0.5) is 0 Å². The molecule has 0 aromatic heterocycles. The van der Waals surface area contributed by atoms with Crippen LogP contribution < -0.4 is 4.74 Å². The Kier molecular flexibility index (Phi) is 4.33. The summed E-state index contributed by atoms with van der Waals surface area (Å²) in [5, 5.41) is 0. The van der Waals surface area contributed by atoms with Crippen molar-refractivity contribution in [3.8, 4) is 5.75 Å². The van der Waals surface area contributed by atoms with Gasteiger partial charge in [-0.05, 0) is 41.8 Å². The zero-order valence-electron chi connectivity index (χ0n) is 9.21. The van der Waals surface area contributed by atoms with Gasteiger partial charge in [0.2, 0.25) is 0 Å². The molecule has 0 unspecified atom stereocenters. The predicted molar refractivity (Wildman–Crippen MR) is 64.7 cm³/mol. The Bertz CT molecular complexity index is 359. The highest BCUT2D eigenvalue weighted by molar-refractivity contribution is 9.10. The summed E-state index contributed by atoms with van der Waals surface area (Å²) in [6, 6.07) is 3.75. The number of hydrogen-bond acceptors (Lipinski definition) is 2. The van der Waals surface area contributed by atoms with E-state index in [-0.39, 0.29) is 6.10 Å². The average molecular weight is 271 g/mol. The highest BCUT2D eigenvalue weighted by Gasteiger charge is 2.12. The molecule has 0 aliphatic heterocycles. The second-order valence-corrected chi connectivity index (χ2v) is 4.39. The van der Waals surface area contributed by atoms with E-state index in [1.54, 1.807) is 0 Å². The highest BCUT2D eigenvalue weighted by atomic mass is 79.9. The summed E-state index contributed by atoms with van der Waals surface area (Å²) in [6.07, 6.45) is 1.82. The van der Waals surface area contributed by atoms with Gasteiger partial charge in [-0.1, -0.05) is 19.1 Å². The highest BCUT2D eigenvalue weighted by Crippen LogP contribution is 2.33. The molecule has 0 radical (unpaired) electrons. The summed E-state index contributed by atoms with van der Waals surface area (Å²) in [6.45, 7) is 6.01. The van der Waals surface area contributed by atoms with E-state index in [0.29, 0.717) is 5.56 Å². The lowest BCUT2D eigenvalue weighted by molar-refractivity contribution is 0.112. The van der Waals surface area contributed by atoms with Crippen molar-refractivity contribution >= 4 is 22.2 Å². The molecule has 2 nitrogen and oxygen atoms in total. The Morgan fingerprint density at radius 2 is 2.13 bits per heavy atom. The largest absolute Gasteiger partial charge is 0.490 e. The Balaban J connectivity index is 3.22. The first-order chi connectivity index (χ1) is 7.10. The van der Waals surface area contributed by atoms with E-state index in [1.165, 1.54) is 0 Å². The molecule has 1 aromatic carbocycles. The maximum absolute atomic E-state index is 10.8. The van der Waals surface area contributed by atoms with E-state index < -0.39 is 0 Å². The van der Waals surface area contributed by atoms with Crippen LogP contribution in [-0.4, -0.2) is 12.4 Å². The Morgan fingerprint density at radius 1 is 1.47 bits per heavy atom. The van der Waals surface area contributed by atoms with Gasteiger partial charge in [-0.15, -0.1) is 0 Å². The molecule has 0 atom stereocenters. The van der Waals surface area contributed by atoms with E-state index in [4.69, 9.17) is 4.74 Å². The van der Waals surface area contributed by atoms with Gasteiger partial charge in [0.15, 0.2) is 6.29 Å². The Hall–Kier alpha value is -0.830. The fourth-order valence-electron chi connectivity index (χ4n) is 1.34. The molecule has 0 spiro atoms. The van der Waals surface area contributed by atoms with Gasteiger partial charge in [-0.2, -0.15) is 0 Å². The van der Waals surface area contributed by atoms with Crippen LogP contribution in [0.25, 0.3) is 0 Å². The Labute approximate surface area is 98.8 Å². The molecule has 1 aromatic rings. The average Bonchev–Trinajstić information content (AvgIpc) is 2.20. The van der Waals surface area contributed by atoms with Gasteiger partial charge in [-0.25, -0.2) is 0 Å². The van der Waals surface area contributed by atoms with Crippen LogP contribution >= 0.6 is 15.9 Å². The number of rotatable bonds is 4. The topological polar surface area (TPSA) is 26.3 Å². The lowest BCUT2D eigenvalue weighted by atomic mass is 10.1. The van der Waals surface area contributed by atoms with Crippen molar-refractivity contribution in [3.05, 3.63) is 27.7 Å². The fourth-order valence-corrected chi connectivity index (χ4v) is 1.92. The minimum absolute atomic E-state index is 0.105. The van der Waals surface area contributed by atoms with Crippen LogP contribution in [0.2, 0.25) is 0 Å². The predicted octanol–water partition coefficient (Wildman–Crippen LogP) is 3.61. The van der Waals surface area contributed by atoms with Gasteiger partial charge in [0, 0.05) is 5.56 Å². The van der Waals surface area contributed by atoms with E-state index >= 15 is 0 Å². The van der Waals surface area contributed by atoms with Crippen molar-refractivity contribution in [1.29, 1.82) is 0 Å². The van der Waals surface area contributed by atoms with Crippen molar-refractivity contribution in [3.63, 3.8) is 0 Å². The number of hydrogen-bond donors (Lipinski definition) is 0. The smallest absolute Gasteiger partial charge is 0.151 e. The number of carbonyl (C=O) groups is 1. The fraction of sp³-hybridized carbons (Fsp3) is 0.417. The lowest BCUT2D eigenvalue weighted by Crippen LogP contribution is -2.08. The quantitative estimate of drug-likeness (QED) is 0.782. The van der Waals surface area contributed by atoms with Crippen LogP contribution in [0.3, 0.4) is 0 Å². The van der Waals surface area contributed by atoms with E-state index in [0.717, 1.165) is 28.5 Å². The first-order valence-corrected chi connectivity index (χ1v) is 5.82. The first kappa shape index (κ1) is 12.2. The maximum atomic E-state index is 10.8. The van der Waals surface area contributed by atoms with E-state index in [1.807, 2.05) is 26.0 Å². The molecule has 0 N–H and O–H groups in total. The van der Waals surface area contributed by atoms with Gasteiger partial charge >= 0.3 is 0 Å². The monoisotopic (exact) mass is 270 g/mol. The Morgan fingerprint density at radius 3 is 2.60 bits per heavy atom. The second kappa shape index (κ2) is 5.31. The molecular weight excluding hydrogens is 256 g/mol. The van der Waals surface area contributed by atoms with Crippen LogP contribution in [0.1, 0.15) is 36.7 Å². The number of aryl methyl sites for hydroxylation is 1. The number of carbonyl (C=O) groups excluding carboxylic acids is 1. The van der Waals surface area contributed by atoms with Gasteiger partial charge < -0.3 is 4.74 Å². The molecule has 0 aliphatic carbocycles. The molecule has 15 heavy (non-hydrogen) atoms. The number of ether oxygens (including phenoxy) is 1. The summed E-state index contributed by atoms with van der Waals surface area (Å²) >= 11 is 3.41. The van der Waals surface area contributed by atoms with Crippen LogP contribution in [-0.2, 0) is 6.42 Å². The van der Waals surface area contributed by atoms with Crippen molar-refractivity contribution in [1.82, 2.24) is 0 Å². The molecule has 0 fully saturated rings. The van der Waals surface area contributed by atoms with Gasteiger partial charge in [0.25, 0.3) is 0 Å². The van der Waals surface area contributed by atoms with Crippen molar-refractivity contribution in [2.24, 2.45) is 0 Å². The zero-order chi connectivity index (χ0) is 11.4. The zero-order valence-corrected chi connectivity index (χ0v) is 10.8. The maximum Gasteiger partial charge on any atom is 0.151 e. The summed E-state index contributed by atoms with van der Waals surface area (Å²) in [5.74, 6) is 0.789. The number of benzene rings is 1. The number of halogens is 1. The van der Waals surface area contributed by atoms with Gasteiger partial charge in [0.05, 0.1) is 10.6 Å². The number of aldehydes is 1. The van der Waals surface area contributed by atoms with E-state index in [9.17, 15) is 4.79 Å². The lowest BCUT2D eigenvalue weighted by Gasteiger charge is -2.16. The van der Waals surface area contributed by atoms with Crippen molar-refractivity contribution in [2.75, 3.05) is 0 Å². The van der Waals surface area contributed by atoms with Crippen LogP contribution in [0.5, 0.6) is 5.75 Å². The van der Waals surface area contributed by atoms with E-state index in [2.05, 4.69) is 22.9 Å². The second-order valence-electron chi connectivity index (χ2n) is 3.60. The molecule has 0 saturated carbocycles. The van der Waals surface area contributed by atoms with Gasteiger partial charge in [-0.3, -0.25) is 4.79 Å². The van der Waals surface area contributed by atoms with Crippen molar-refractivity contribution in [2.45, 2.75) is 33.3 Å². The normalized spacial score (nSPS) is 10.5. The molecule has 0 amide bonds. The van der Waals surface area contributed by atoms with Gasteiger partial charge in [0.1, 0.15) is 5.75 Å². The summed E-state index contributed by atoms with van der Waals surface area (Å²) in [4.78, 5) is 10.8. The third kappa shape index (κ3) is 2.81.